The Bertz CT molecular complexity index is 945. The van der Waals surface area contributed by atoms with E-state index in [1.165, 1.54) is 0 Å². The number of imidazole rings is 1. The summed E-state index contributed by atoms with van der Waals surface area (Å²) >= 11 is 0. The zero-order chi connectivity index (χ0) is 22.1. The van der Waals surface area contributed by atoms with E-state index in [4.69, 9.17) is 9.90 Å². The van der Waals surface area contributed by atoms with Crippen LogP contribution in [0.25, 0.3) is 5.69 Å². The lowest BCUT2D eigenvalue weighted by Crippen LogP contribution is -2.37. The number of rotatable bonds is 3. The van der Waals surface area contributed by atoms with Gasteiger partial charge in [0.1, 0.15) is 0 Å². The van der Waals surface area contributed by atoms with Gasteiger partial charge in [-0.15, -0.1) is 0 Å². The summed E-state index contributed by atoms with van der Waals surface area (Å²) in [4.78, 5) is 39.0. The highest BCUT2D eigenvalue weighted by molar-refractivity contribution is 5.96. The van der Waals surface area contributed by atoms with Crippen molar-refractivity contribution in [3.63, 3.8) is 0 Å². The summed E-state index contributed by atoms with van der Waals surface area (Å²) in [7, 11) is 0. The van der Waals surface area contributed by atoms with Gasteiger partial charge in [-0.1, -0.05) is 6.07 Å². The van der Waals surface area contributed by atoms with Crippen LogP contribution in [0.15, 0.2) is 43.0 Å². The monoisotopic (exact) mass is 425 g/mol. The minimum Gasteiger partial charge on any atom is -0.481 e. The maximum Gasteiger partial charge on any atom is 0.490 e. The molecule has 0 spiro atoms. The van der Waals surface area contributed by atoms with Crippen LogP contribution in [0.1, 0.15) is 29.6 Å². The molecule has 1 amide bonds. The Hall–Kier alpha value is -3.37. The maximum atomic E-state index is 12.9. The number of amides is 1. The van der Waals surface area contributed by atoms with Crippen LogP contribution in [-0.2, 0) is 9.59 Å². The second-order valence-corrected chi connectivity index (χ2v) is 7.01. The van der Waals surface area contributed by atoms with Crippen molar-refractivity contribution in [2.45, 2.75) is 37.5 Å². The van der Waals surface area contributed by atoms with Crippen molar-refractivity contribution >= 4 is 17.8 Å². The number of carboxylic acids is 2. The van der Waals surface area contributed by atoms with E-state index in [0.717, 1.165) is 18.5 Å². The molecule has 1 aromatic heterocycles. The molecule has 2 bridgehead atoms. The normalized spacial score (nSPS) is 22.4. The third-order valence-electron chi connectivity index (χ3n) is 5.23. The molecule has 2 aromatic rings. The van der Waals surface area contributed by atoms with Crippen molar-refractivity contribution in [2.75, 3.05) is 0 Å². The summed E-state index contributed by atoms with van der Waals surface area (Å²) in [5.41, 5.74) is 1.47. The highest BCUT2D eigenvalue weighted by atomic mass is 19.4. The molecule has 2 saturated heterocycles. The largest absolute Gasteiger partial charge is 0.490 e. The summed E-state index contributed by atoms with van der Waals surface area (Å²) in [5.74, 6) is -4.03. The van der Waals surface area contributed by atoms with Gasteiger partial charge < -0.3 is 19.7 Å². The number of nitrogens with zero attached hydrogens (tertiary/aromatic N) is 3. The first kappa shape index (κ1) is 21.3. The fourth-order valence-electron chi connectivity index (χ4n) is 3.93. The molecule has 3 atom stereocenters. The molecule has 160 valence electrons. The average Bonchev–Trinajstić information content (AvgIpc) is 3.43. The van der Waals surface area contributed by atoms with Crippen LogP contribution >= 0.6 is 0 Å². The Kier molecular flexibility index (Phi) is 5.81. The molecule has 8 nitrogen and oxygen atoms in total. The minimum atomic E-state index is -5.08. The molecule has 0 radical (unpaired) electrons. The van der Waals surface area contributed by atoms with Crippen molar-refractivity contribution in [1.29, 1.82) is 0 Å². The quantitative estimate of drug-likeness (QED) is 0.782. The third kappa shape index (κ3) is 4.29. The van der Waals surface area contributed by atoms with E-state index in [-0.39, 0.29) is 18.0 Å². The zero-order valence-electron chi connectivity index (χ0n) is 15.5. The number of aromatic nitrogens is 2. The molecule has 2 aliphatic heterocycles. The molecule has 2 aliphatic rings. The number of benzene rings is 1. The van der Waals surface area contributed by atoms with Crippen LogP contribution < -0.4 is 0 Å². The van der Waals surface area contributed by atoms with Gasteiger partial charge in [-0.3, -0.25) is 9.59 Å². The van der Waals surface area contributed by atoms with E-state index in [9.17, 15) is 27.9 Å². The van der Waals surface area contributed by atoms with Gasteiger partial charge in [-0.05, 0) is 37.5 Å². The number of carboxylic acid groups (broad SMARTS) is 2. The van der Waals surface area contributed by atoms with Crippen LogP contribution in [0, 0.1) is 5.92 Å². The predicted octanol–water partition coefficient (Wildman–Crippen LogP) is 2.58. The molecule has 0 saturated carbocycles. The number of hydrogen-bond acceptors (Lipinski definition) is 4. The van der Waals surface area contributed by atoms with Gasteiger partial charge >= 0.3 is 18.1 Å². The summed E-state index contributed by atoms with van der Waals surface area (Å²) in [5, 5.41) is 16.5. The summed E-state index contributed by atoms with van der Waals surface area (Å²) in [6.07, 6.45) is 2.38. The van der Waals surface area contributed by atoms with Crippen molar-refractivity contribution in [1.82, 2.24) is 14.5 Å². The topological polar surface area (TPSA) is 113 Å². The Morgan fingerprint density at radius 3 is 2.37 bits per heavy atom. The SMILES string of the molecule is O=C(O)C(F)(F)F.O=C(O)[C@@H]1C[C@H]2CC[C@@H]1N2C(=O)c1cccc(-n2ccnc2)c1. The summed E-state index contributed by atoms with van der Waals surface area (Å²) in [6, 6.07) is 7.27. The number of carbonyl (C=O) groups is 3. The Morgan fingerprint density at radius 1 is 1.13 bits per heavy atom. The van der Waals surface area contributed by atoms with Crippen molar-refractivity contribution in [3.05, 3.63) is 48.5 Å². The number of aliphatic carboxylic acids is 2. The highest BCUT2D eigenvalue weighted by Gasteiger charge is 2.51. The van der Waals surface area contributed by atoms with Gasteiger partial charge in [0.15, 0.2) is 0 Å². The molecule has 2 N–H and O–H groups in total. The van der Waals surface area contributed by atoms with Crippen molar-refractivity contribution < 1.29 is 37.8 Å². The first-order chi connectivity index (χ1) is 14.1. The highest BCUT2D eigenvalue weighted by Crippen LogP contribution is 2.42. The van der Waals surface area contributed by atoms with Crippen molar-refractivity contribution in [3.8, 4) is 5.69 Å². The van der Waals surface area contributed by atoms with Gasteiger partial charge in [-0.25, -0.2) is 9.78 Å². The molecule has 11 heteroatoms. The van der Waals surface area contributed by atoms with E-state index in [1.54, 1.807) is 23.5 Å². The molecular weight excluding hydrogens is 407 g/mol. The average molecular weight is 425 g/mol. The molecule has 0 unspecified atom stereocenters. The lowest BCUT2D eigenvalue weighted by molar-refractivity contribution is -0.192. The van der Waals surface area contributed by atoms with Gasteiger partial charge in [0, 0.05) is 35.7 Å². The molecule has 30 heavy (non-hydrogen) atoms. The fraction of sp³-hybridized carbons (Fsp3) is 0.368. The predicted molar refractivity (Wildman–Crippen MR) is 96.0 cm³/mol. The van der Waals surface area contributed by atoms with Gasteiger partial charge in [-0.2, -0.15) is 13.2 Å². The van der Waals surface area contributed by atoms with Crippen LogP contribution in [0.4, 0.5) is 13.2 Å². The lowest BCUT2D eigenvalue weighted by Gasteiger charge is -2.23. The van der Waals surface area contributed by atoms with E-state index < -0.39 is 24.0 Å². The number of alkyl halides is 3. The van der Waals surface area contributed by atoms with E-state index in [0.29, 0.717) is 12.0 Å². The molecule has 4 rings (SSSR count). The number of fused-ring (bicyclic) bond motifs is 2. The molecule has 2 fully saturated rings. The van der Waals surface area contributed by atoms with Crippen LogP contribution in [-0.4, -0.2) is 60.8 Å². The zero-order valence-corrected chi connectivity index (χ0v) is 15.5. The molecular formula is C19H18F3N3O5. The second-order valence-electron chi connectivity index (χ2n) is 7.01. The maximum absolute atomic E-state index is 12.9. The standard InChI is InChI=1S/C17H17N3O3.C2HF3O2/c21-16(20-13-4-5-15(20)14(9-13)17(22)23)11-2-1-3-12(8-11)19-7-6-18-10-19;3-2(4,5)1(6)7/h1-3,6-8,10,13-15H,4-5,9H2,(H,22,23);(H,6,7)/t13-,14-,15+;/m1./s1. The first-order valence-electron chi connectivity index (χ1n) is 9.03. The van der Waals surface area contributed by atoms with Crippen molar-refractivity contribution in [2.24, 2.45) is 5.92 Å². The Balaban J connectivity index is 0.000000318. The summed E-state index contributed by atoms with van der Waals surface area (Å²) in [6.45, 7) is 0. The van der Waals surface area contributed by atoms with Crippen LogP contribution in [0.2, 0.25) is 0 Å². The number of carbonyl (C=O) groups excluding carboxylic acids is 1. The third-order valence-corrected chi connectivity index (χ3v) is 5.23. The molecule has 3 heterocycles. The van der Waals surface area contributed by atoms with Gasteiger partial charge in [0.05, 0.1) is 12.2 Å². The van der Waals surface area contributed by atoms with Gasteiger partial charge in [0.2, 0.25) is 0 Å². The van der Waals surface area contributed by atoms with E-state index >= 15 is 0 Å². The van der Waals surface area contributed by atoms with E-state index in [1.807, 2.05) is 29.0 Å². The Morgan fingerprint density at radius 2 is 1.83 bits per heavy atom. The molecule has 1 aromatic carbocycles. The molecule has 0 aliphatic carbocycles. The fourth-order valence-corrected chi connectivity index (χ4v) is 3.93. The second kappa shape index (κ2) is 8.17. The van der Waals surface area contributed by atoms with Crippen LogP contribution in [0.5, 0.6) is 0 Å². The minimum absolute atomic E-state index is 0.0606. The first-order valence-corrected chi connectivity index (χ1v) is 9.03. The van der Waals surface area contributed by atoms with E-state index in [2.05, 4.69) is 4.98 Å². The smallest absolute Gasteiger partial charge is 0.481 e. The van der Waals surface area contributed by atoms with Gasteiger partial charge in [0.25, 0.3) is 5.91 Å². The number of halogens is 3. The lowest BCUT2D eigenvalue weighted by atomic mass is 9.89. The number of hydrogen-bond donors (Lipinski definition) is 2. The Labute approximate surface area is 168 Å². The summed E-state index contributed by atoms with van der Waals surface area (Å²) < 4.78 is 33.6. The van der Waals surface area contributed by atoms with Crippen LogP contribution in [0.3, 0.4) is 0 Å².